The maximum Gasteiger partial charge on any atom is 0.207 e. The quantitative estimate of drug-likeness (QED) is 0.626. The number of anilines is 1. The van der Waals surface area contributed by atoms with Gasteiger partial charge in [-0.2, -0.15) is 0 Å². The summed E-state index contributed by atoms with van der Waals surface area (Å²) in [5.74, 6) is 0.776. The summed E-state index contributed by atoms with van der Waals surface area (Å²) in [7, 11) is 1.68. The van der Waals surface area contributed by atoms with Gasteiger partial charge in [0.05, 0.1) is 23.0 Å². The van der Waals surface area contributed by atoms with Crippen LogP contribution in [-0.4, -0.2) is 29.8 Å². The Kier molecular flexibility index (Phi) is 5.06. The zero-order valence-electron chi connectivity index (χ0n) is 10.8. The molecule has 0 saturated carbocycles. The first-order valence-corrected chi connectivity index (χ1v) is 7.31. The molecule has 1 aromatic heterocycles. The van der Waals surface area contributed by atoms with Crippen molar-refractivity contribution in [3.8, 4) is 5.69 Å². The predicted molar refractivity (Wildman–Crippen MR) is 86.4 cm³/mol. The highest BCUT2D eigenvalue weighted by molar-refractivity contribution is 14.1. The highest BCUT2D eigenvalue weighted by Gasteiger charge is 2.10. The second-order valence-corrected chi connectivity index (χ2v) is 5.74. The second kappa shape index (κ2) is 6.58. The van der Waals surface area contributed by atoms with Crippen LogP contribution in [0.3, 0.4) is 0 Å². The normalized spacial score (nSPS) is 10.7. The predicted octanol–water partition coefficient (Wildman–Crippen LogP) is 3.50. The molecule has 0 radical (unpaired) electrons. The van der Waals surface area contributed by atoms with Gasteiger partial charge < -0.3 is 10.1 Å². The first-order chi connectivity index (χ1) is 9.11. The number of benzene rings is 1. The van der Waals surface area contributed by atoms with E-state index in [4.69, 9.17) is 16.3 Å². The maximum absolute atomic E-state index is 6.30. The lowest BCUT2D eigenvalue weighted by Crippen LogP contribution is -2.11. The summed E-state index contributed by atoms with van der Waals surface area (Å²) in [6, 6.07) is 5.95. The molecular formula is C13H15ClIN3O. The molecule has 0 fully saturated rings. The van der Waals surface area contributed by atoms with Gasteiger partial charge in [-0.3, -0.25) is 4.57 Å². The molecule has 0 spiro atoms. The van der Waals surface area contributed by atoms with E-state index in [9.17, 15) is 0 Å². The van der Waals surface area contributed by atoms with Crippen LogP contribution in [0.4, 0.5) is 5.95 Å². The zero-order valence-corrected chi connectivity index (χ0v) is 13.7. The summed E-state index contributed by atoms with van der Waals surface area (Å²) < 4.78 is 8.10. The Bertz CT molecular complexity index is 571. The van der Waals surface area contributed by atoms with Gasteiger partial charge in [-0.15, -0.1) is 0 Å². The molecule has 0 unspecified atom stereocenters. The molecule has 0 aliphatic carbocycles. The number of nitrogens with one attached hydrogen (secondary N) is 1. The van der Waals surface area contributed by atoms with E-state index in [1.165, 1.54) is 0 Å². The largest absolute Gasteiger partial charge is 0.383 e. The Morgan fingerprint density at radius 2 is 2.26 bits per heavy atom. The Morgan fingerprint density at radius 1 is 1.47 bits per heavy atom. The highest BCUT2D eigenvalue weighted by atomic mass is 127. The van der Waals surface area contributed by atoms with Crippen LogP contribution in [0.5, 0.6) is 0 Å². The molecule has 102 valence electrons. The summed E-state index contributed by atoms with van der Waals surface area (Å²) in [4.78, 5) is 4.46. The average molecular weight is 392 g/mol. The third-order valence-corrected chi connectivity index (χ3v) is 3.56. The fourth-order valence-electron chi connectivity index (χ4n) is 1.75. The van der Waals surface area contributed by atoms with Gasteiger partial charge in [0.1, 0.15) is 0 Å². The van der Waals surface area contributed by atoms with E-state index in [0.717, 1.165) is 20.9 Å². The van der Waals surface area contributed by atoms with Crippen LogP contribution in [0.1, 0.15) is 5.69 Å². The topological polar surface area (TPSA) is 39.1 Å². The number of hydrogen-bond acceptors (Lipinski definition) is 3. The van der Waals surface area contributed by atoms with Crippen LogP contribution >= 0.6 is 34.2 Å². The van der Waals surface area contributed by atoms with Crippen LogP contribution in [0, 0.1) is 10.5 Å². The number of imidazole rings is 1. The molecule has 0 bridgehead atoms. The van der Waals surface area contributed by atoms with Crippen molar-refractivity contribution in [1.82, 2.24) is 9.55 Å². The summed E-state index contributed by atoms with van der Waals surface area (Å²) in [6.07, 6.45) is 1.96. The number of aromatic nitrogens is 2. The van der Waals surface area contributed by atoms with Crippen molar-refractivity contribution in [2.75, 3.05) is 25.6 Å². The molecule has 4 nitrogen and oxygen atoms in total. The summed E-state index contributed by atoms with van der Waals surface area (Å²) in [6.45, 7) is 3.29. The van der Waals surface area contributed by atoms with Crippen molar-refractivity contribution in [3.05, 3.63) is 38.7 Å². The molecule has 1 N–H and O–H groups in total. The molecule has 0 aliphatic rings. The number of methoxy groups -OCH3 is 1. The third kappa shape index (κ3) is 3.61. The fraction of sp³-hybridized carbons (Fsp3) is 0.308. The van der Waals surface area contributed by atoms with Gasteiger partial charge in [0.15, 0.2) is 0 Å². The van der Waals surface area contributed by atoms with Crippen molar-refractivity contribution >= 4 is 40.1 Å². The molecule has 0 saturated heterocycles. The lowest BCUT2D eigenvalue weighted by Gasteiger charge is -2.11. The van der Waals surface area contributed by atoms with Crippen molar-refractivity contribution in [3.63, 3.8) is 0 Å². The molecule has 0 atom stereocenters. The average Bonchev–Trinajstić information content (AvgIpc) is 2.71. The summed E-state index contributed by atoms with van der Waals surface area (Å²) in [5, 5.41) is 3.95. The van der Waals surface area contributed by atoms with Crippen molar-refractivity contribution in [2.45, 2.75) is 6.92 Å². The molecule has 1 aromatic carbocycles. The van der Waals surface area contributed by atoms with E-state index in [0.29, 0.717) is 18.2 Å². The molecular weight excluding hydrogens is 377 g/mol. The SMILES string of the molecule is COCCNc1nc(C)cn1-c1ccc(I)cc1Cl. The lowest BCUT2D eigenvalue weighted by atomic mass is 10.3. The highest BCUT2D eigenvalue weighted by Crippen LogP contribution is 2.26. The number of halogens is 2. The Morgan fingerprint density at radius 3 is 2.95 bits per heavy atom. The van der Waals surface area contributed by atoms with Gasteiger partial charge in [0.2, 0.25) is 5.95 Å². The Hall–Kier alpha value is -0.790. The van der Waals surface area contributed by atoms with Gasteiger partial charge in [-0.05, 0) is 47.7 Å². The van der Waals surface area contributed by atoms with Crippen molar-refractivity contribution in [2.24, 2.45) is 0 Å². The van der Waals surface area contributed by atoms with E-state index in [1.807, 2.05) is 35.9 Å². The number of rotatable bonds is 5. The minimum absolute atomic E-state index is 0.631. The molecule has 1 heterocycles. The summed E-state index contributed by atoms with van der Waals surface area (Å²) >= 11 is 8.54. The second-order valence-electron chi connectivity index (χ2n) is 4.09. The van der Waals surface area contributed by atoms with E-state index in [1.54, 1.807) is 7.11 Å². The number of hydrogen-bond donors (Lipinski definition) is 1. The fourth-order valence-corrected chi connectivity index (χ4v) is 2.69. The van der Waals surface area contributed by atoms with E-state index >= 15 is 0 Å². The molecule has 19 heavy (non-hydrogen) atoms. The van der Waals surface area contributed by atoms with Crippen LogP contribution < -0.4 is 5.32 Å². The van der Waals surface area contributed by atoms with Crippen molar-refractivity contribution < 1.29 is 4.74 Å². The Balaban J connectivity index is 2.32. The van der Waals surface area contributed by atoms with Gasteiger partial charge in [-0.25, -0.2) is 4.98 Å². The van der Waals surface area contributed by atoms with Crippen LogP contribution in [0.2, 0.25) is 5.02 Å². The molecule has 0 amide bonds. The van der Waals surface area contributed by atoms with Gasteiger partial charge in [0, 0.05) is 23.4 Å². The third-order valence-electron chi connectivity index (χ3n) is 2.58. The van der Waals surface area contributed by atoms with Crippen LogP contribution in [0.15, 0.2) is 24.4 Å². The van der Waals surface area contributed by atoms with Crippen LogP contribution in [-0.2, 0) is 4.74 Å². The van der Waals surface area contributed by atoms with E-state index < -0.39 is 0 Å². The monoisotopic (exact) mass is 391 g/mol. The van der Waals surface area contributed by atoms with Gasteiger partial charge in [-0.1, -0.05) is 11.6 Å². The first-order valence-electron chi connectivity index (χ1n) is 5.86. The Labute approximate surface area is 131 Å². The number of nitrogens with zero attached hydrogens (tertiary/aromatic N) is 2. The molecule has 2 rings (SSSR count). The minimum Gasteiger partial charge on any atom is -0.383 e. The summed E-state index contributed by atoms with van der Waals surface area (Å²) in [5.41, 5.74) is 1.86. The number of aryl methyl sites for hydroxylation is 1. The smallest absolute Gasteiger partial charge is 0.207 e. The lowest BCUT2D eigenvalue weighted by molar-refractivity contribution is 0.210. The van der Waals surface area contributed by atoms with Crippen molar-refractivity contribution in [1.29, 1.82) is 0 Å². The molecule has 6 heteroatoms. The van der Waals surface area contributed by atoms with Gasteiger partial charge >= 0.3 is 0 Å². The van der Waals surface area contributed by atoms with E-state index in [2.05, 4.69) is 32.9 Å². The maximum atomic E-state index is 6.30. The standard InChI is InChI=1S/C13H15ClIN3O/c1-9-8-18(13(17-9)16-5-6-19-2)12-4-3-10(15)7-11(12)14/h3-4,7-8H,5-6H2,1-2H3,(H,16,17). The van der Waals surface area contributed by atoms with Gasteiger partial charge in [0.25, 0.3) is 0 Å². The zero-order chi connectivity index (χ0) is 13.8. The minimum atomic E-state index is 0.631. The number of ether oxygens (including phenoxy) is 1. The molecule has 0 aliphatic heterocycles. The van der Waals surface area contributed by atoms with E-state index in [-0.39, 0.29) is 0 Å². The van der Waals surface area contributed by atoms with Crippen LogP contribution in [0.25, 0.3) is 5.69 Å². The molecule has 2 aromatic rings. The first kappa shape index (κ1) is 14.6.